The van der Waals surface area contributed by atoms with Crippen LogP contribution in [0.3, 0.4) is 0 Å². The summed E-state index contributed by atoms with van der Waals surface area (Å²) in [7, 11) is 0. The zero-order valence-electron chi connectivity index (χ0n) is 14.7. The molecular formula is C18H25N3O2S. The van der Waals surface area contributed by atoms with Gasteiger partial charge in [0, 0.05) is 18.4 Å². The van der Waals surface area contributed by atoms with Crippen molar-refractivity contribution in [3.63, 3.8) is 0 Å². The number of carbonyl (C=O) groups is 2. The maximum absolute atomic E-state index is 12.0. The normalized spacial score (nSPS) is 12.8. The number of amides is 2. The molecule has 6 heteroatoms. The third-order valence-corrected chi connectivity index (χ3v) is 4.72. The maximum atomic E-state index is 12.0. The van der Waals surface area contributed by atoms with E-state index in [9.17, 15) is 9.59 Å². The van der Waals surface area contributed by atoms with Crippen LogP contribution in [-0.2, 0) is 16.0 Å². The highest BCUT2D eigenvalue weighted by atomic mass is 32.1. The van der Waals surface area contributed by atoms with Gasteiger partial charge < -0.3 is 10.6 Å². The lowest BCUT2D eigenvalue weighted by Crippen LogP contribution is -2.48. The molecule has 0 saturated heterocycles. The molecule has 0 aliphatic carbocycles. The van der Waals surface area contributed by atoms with Gasteiger partial charge in [0.1, 0.15) is 6.04 Å². The van der Waals surface area contributed by atoms with E-state index in [2.05, 4.69) is 21.7 Å². The van der Waals surface area contributed by atoms with Crippen molar-refractivity contribution in [1.82, 2.24) is 15.6 Å². The summed E-state index contributed by atoms with van der Waals surface area (Å²) in [4.78, 5) is 28.5. The Hall–Kier alpha value is -1.95. The summed E-state index contributed by atoms with van der Waals surface area (Å²) in [5.41, 5.74) is 0.529. The molecule has 24 heavy (non-hydrogen) atoms. The van der Waals surface area contributed by atoms with E-state index in [0.29, 0.717) is 6.54 Å². The molecule has 1 atom stereocenters. The first kappa shape index (κ1) is 18.4. The van der Waals surface area contributed by atoms with E-state index in [1.165, 1.54) is 4.70 Å². The second kappa shape index (κ2) is 7.75. The highest BCUT2D eigenvalue weighted by Gasteiger charge is 2.24. The fraction of sp³-hybridized carbons (Fsp3) is 0.500. The van der Waals surface area contributed by atoms with Crippen LogP contribution in [0.15, 0.2) is 24.3 Å². The van der Waals surface area contributed by atoms with Crippen LogP contribution in [-0.4, -0.2) is 29.4 Å². The first-order chi connectivity index (χ1) is 11.3. The van der Waals surface area contributed by atoms with Crippen LogP contribution in [0.25, 0.3) is 10.2 Å². The van der Waals surface area contributed by atoms with Gasteiger partial charge in [-0.1, -0.05) is 32.9 Å². The van der Waals surface area contributed by atoms with Gasteiger partial charge in [-0.15, -0.1) is 11.3 Å². The molecule has 2 N–H and O–H groups in total. The molecule has 2 aromatic rings. The third-order valence-electron chi connectivity index (χ3n) is 3.63. The van der Waals surface area contributed by atoms with Gasteiger partial charge in [0.05, 0.1) is 15.2 Å². The van der Waals surface area contributed by atoms with Crippen LogP contribution in [0.1, 0.15) is 39.1 Å². The first-order valence-corrected chi connectivity index (χ1v) is 9.02. The van der Waals surface area contributed by atoms with Crippen molar-refractivity contribution < 1.29 is 9.59 Å². The predicted molar refractivity (Wildman–Crippen MR) is 98.0 cm³/mol. The van der Waals surface area contributed by atoms with E-state index in [1.54, 1.807) is 18.3 Å². The van der Waals surface area contributed by atoms with Crippen LogP contribution < -0.4 is 10.6 Å². The Kier molecular flexibility index (Phi) is 5.94. The predicted octanol–water partition coefficient (Wildman–Crippen LogP) is 2.90. The van der Waals surface area contributed by atoms with Gasteiger partial charge in [0.25, 0.3) is 0 Å². The van der Waals surface area contributed by atoms with Gasteiger partial charge in [0.2, 0.25) is 11.8 Å². The number of fused-ring (bicyclic) bond motifs is 1. The Morgan fingerprint density at radius 2 is 1.96 bits per heavy atom. The summed E-state index contributed by atoms with van der Waals surface area (Å²) >= 11 is 1.69. The lowest BCUT2D eigenvalue weighted by atomic mass is 9.95. The molecular weight excluding hydrogens is 322 g/mol. The van der Waals surface area contributed by atoms with Crippen molar-refractivity contribution in [3.05, 3.63) is 29.3 Å². The molecule has 2 amide bonds. The highest BCUT2D eigenvalue weighted by Crippen LogP contribution is 2.22. The Morgan fingerprint density at radius 3 is 2.62 bits per heavy atom. The summed E-state index contributed by atoms with van der Waals surface area (Å²) in [6.07, 6.45) is 1.66. The minimum Gasteiger partial charge on any atom is -0.354 e. The number of rotatable bonds is 6. The lowest BCUT2D eigenvalue weighted by Gasteiger charge is -2.21. The molecule has 1 heterocycles. The van der Waals surface area contributed by atoms with Crippen LogP contribution in [0, 0.1) is 5.41 Å². The minimum absolute atomic E-state index is 0.125. The zero-order chi connectivity index (χ0) is 17.7. The molecule has 0 aliphatic heterocycles. The Bertz CT molecular complexity index is 685. The van der Waals surface area contributed by atoms with E-state index in [1.807, 2.05) is 39.0 Å². The number of aryl methyl sites for hydroxylation is 1. The molecule has 5 nitrogen and oxygen atoms in total. The van der Waals surface area contributed by atoms with Crippen LogP contribution in [0.5, 0.6) is 0 Å². The number of thiazole rings is 1. The number of nitrogens with one attached hydrogen (secondary N) is 2. The van der Waals surface area contributed by atoms with Gasteiger partial charge >= 0.3 is 0 Å². The van der Waals surface area contributed by atoms with Crippen molar-refractivity contribution in [2.75, 3.05) is 6.54 Å². The molecule has 0 unspecified atom stereocenters. The third kappa shape index (κ3) is 5.03. The van der Waals surface area contributed by atoms with E-state index in [0.717, 1.165) is 23.4 Å². The molecule has 1 aromatic carbocycles. The summed E-state index contributed by atoms with van der Waals surface area (Å²) in [6, 6.07) is 7.55. The summed E-state index contributed by atoms with van der Waals surface area (Å²) in [5.74, 6) is -0.281. The van der Waals surface area contributed by atoms with Gasteiger partial charge in [-0.05, 0) is 25.5 Å². The van der Waals surface area contributed by atoms with Crippen LogP contribution in [0.2, 0.25) is 0 Å². The average molecular weight is 347 g/mol. The van der Waals surface area contributed by atoms with Crippen molar-refractivity contribution in [2.24, 2.45) is 5.41 Å². The van der Waals surface area contributed by atoms with E-state index in [4.69, 9.17) is 0 Å². The second-order valence-corrected chi connectivity index (χ2v) is 8.03. The number of hydrogen-bond donors (Lipinski definition) is 2. The zero-order valence-corrected chi connectivity index (χ0v) is 15.5. The number of aromatic nitrogens is 1. The molecule has 0 radical (unpaired) electrons. The monoisotopic (exact) mass is 347 g/mol. The summed E-state index contributed by atoms with van der Waals surface area (Å²) < 4.78 is 1.19. The molecule has 130 valence electrons. The molecule has 0 spiro atoms. The summed E-state index contributed by atoms with van der Waals surface area (Å²) in [5, 5.41) is 6.68. The van der Waals surface area contributed by atoms with Crippen molar-refractivity contribution in [2.45, 2.75) is 46.6 Å². The Morgan fingerprint density at radius 1 is 1.25 bits per heavy atom. The van der Waals surface area contributed by atoms with E-state index in [-0.39, 0.29) is 11.8 Å². The Labute approximate surface area is 146 Å². The van der Waals surface area contributed by atoms with Crippen molar-refractivity contribution >= 4 is 33.4 Å². The second-order valence-electron chi connectivity index (χ2n) is 6.92. The Balaban J connectivity index is 1.73. The standard InChI is InChI=1S/C18H25N3O2S/c1-12(20-17(23)18(2,3)4)16(22)19-11-7-10-15-21-13-8-5-6-9-14(13)24-15/h5-6,8-9,12H,7,10-11H2,1-4H3,(H,19,22)(H,20,23)/t12-/m0/s1. The smallest absolute Gasteiger partial charge is 0.242 e. The molecule has 0 aliphatic rings. The van der Waals surface area contributed by atoms with Gasteiger partial charge in [-0.25, -0.2) is 4.98 Å². The molecule has 1 aromatic heterocycles. The van der Waals surface area contributed by atoms with Crippen LogP contribution in [0.4, 0.5) is 0 Å². The van der Waals surface area contributed by atoms with Gasteiger partial charge in [-0.2, -0.15) is 0 Å². The molecule has 2 rings (SSSR count). The number of hydrogen-bond acceptors (Lipinski definition) is 4. The quantitative estimate of drug-likeness (QED) is 0.789. The fourth-order valence-corrected chi connectivity index (χ4v) is 3.12. The van der Waals surface area contributed by atoms with Crippen molar-refractivity contribution in [1.29, 1.82) is 0 Å². The molecule has 0 saturated carbocycles. The van der Waals surface area contributed by atoms with E-state index < -0.39 is 11.5 Å². The lowest BCUT2D eigenvalue weighted by molar-refractivity contribution is -0.133. The molecule has 0 fully saturated rings. The average Bonchev–Trinajstić information content (AvgIpc) is 2.93. The topological polar surface area (TPSA) is 71.1 Å². The summed E-state index contributed by atoms with van der Waals surface area (Å²) in [6.45, 7) is 7.75. The van der Waals surface area contributed by atoms with Gasteiger partial charge in [-0.3, -0.25) is 9.59 Å². The number of para-hydroxylation sites is 1. The largest absolute Gasteiger partial charge is 0.354 e. The SMILES string of the molecule is C[C@H](NC(=O)C(C)(C)C)C(=O)NCCCc1nc2ccccc2s1. The number of benzene rings is 1. The number of carbonyl (C=O) groups excluding carboxylic acids is 2. The minimum atomic E-state index is -0.529. The maximum Gasteiger partial charge on any atom is 0.242 e. The highest BCUT2D eigenvalue weighted by molar-refractivity contribution is 7.18. The van der Waals surface area contributed by atoms with Gasteiger partial charge in [0.15, 0.2) is 0 Å². The van der Waals surface area contributed by atoms with Crippen LogP contribution >= 0.6 is 11.3 Å². The molecule has 0 bridgehead atoms. The van der Waals surface area contributed by atoms with E-state index >= 15 is 0 Å². The van der Waals surface area contributed by atoms with Crippen molar-refractivity contribution in [3.8, 4) is 0 Å². The number of nitrogens with zero attached hydrogens (tertiary/aromatic N) is 1. The first-order valence-electron chi connectivity index (χ1n) is 8.20. The fourth-order valence-electron chi connectivity index (χ4n) is 2.11.